The van der Waals surface area contributed by atoms with Crippen molar-refractivity contribution in [3.63, 3.8) is 0 Å². The first-order valence-corrected chi connectivity index (χ1v) is 10.2. The quantitative estimate of drug-likeness (QED) is 0.244. The lowest BCUT2D eigenvalue weighted by Crippen LogP contribution is -2.12. The number of carboxylic acids is 1. The van der Waals surface area contributed by atoms with Gasteiger partial charge in [0.2, 0.25) is 0 Å². The molecule has 1 N–H and O–H groups in total. The zero-order valence-electron chi connectivity index (χ0n) is 18.7. The molecule has 0 bridgehead atoms. The third-order valence-corrected chi connectivity index (χ3v) is 3.81. The number of unbranched alkanes of at least 4 members (excludes halogenated alkanes) is 2. The minimum atomic E-state index is -0.900. The Morgan fingerprint density at radius 1 is 0.931 bits per heavy atom. The normalized spacial score (nSPS) is 10.1. The largest absolute Gasteiger partial charge is 0.478 e. The SMILES string of the molecule is C=C(CC)C(=O)O.C=CC(=O)OCC(CC)CCCC.C=CC(=O)OCCCC. The van der Waals surface area contributed by atoms with Crippen LogP contribution in [0.3, 0.4) is 0 Å². The molecule has 1 atom stereocenters. The van der Waals surface area contributed by atoms with Crippen molar-refractivity contribution >= 4 is 17.9 Å². The van der Waals surface area contributed by atoms with E-state index < -0.39 is 5.97 Å². The Morgan fingerprint density at radius 2 is 1.45 bits per heavy atom. The molecule has 0 amide bonds. The van der Waals surface area contributed by atoms with E-state index in [0.29, 0.717) is 25.6 Å². The molecule has 1 unspecified atom stereocenters. The monoisotopic (exact) mass is 412 g/mol. The minimum Gasteiger partial charge on any atom is -0.478 e. The summed E-state index contributed by atoms with van der Waals surface area (Å²) in [6.07, 6.45) is 9.53. The van der Waals surface area contributed by atoms with Gasteiger partial charge in [-0.15, -0.1) is 0 Å². The van der Waals surface area contributed by atoms with Crippen LogP contribution in [0.4, 0.5) is 0 Å². The first-order valence-electron chi connectivity index (χ1n) is 10.2. The Labute approximate surface area is 176 Å². The number of carbonyl (C=O) groups is 3. The fraction of sp³-hybridized carbons (Fsp3) is 0.609. The summed E-state index contributed by atoms with van der Waals surface area (Å²) in [6.45, 7) is 19.0. The number of ether oxygens (including phenoxy) is 2. The van der Waals surface area contributed by atoms with Gasteiger partial charge in [0.15, 0.2) is 0 Å². The van der Waals surface area contributed by atoms with E-state index in [4.69, 9.17) is 9.84 Å². The molecule has 168 valence electrons. The molecule has 6 nitrogen and oxygen atoms in total. The van der Waals surface area contributed by atoms with E-state index in [1.54, 1.807) is 6.92 Å². The van der Waals surface area contributed by atoms with E-state index in [9.17, 15) is 14.4 Å². The Hall–Kier alpha value is -2.37. The summed E-state index contributed by atoms with van der Waals surface area (Å²) >= 11 is 0. The van der Waals surface area contributed by atoms with Gasteiger partial charge < -0.3 is 14.6 Å². The van der Waals surface area contributed by atoms with E-state index in [-0.39, 0.29) is 17.5 Å². The van der Waals surface area contributed by atoms with Gasteiger partial charge in [0.1, 0.15) is 0 Å². The fourth-order valence-corrected chi connectivity index (χ4v) is 1.68. The number of hydrogen-bond acceptors (Lipinski definition) is 5. The molecule has 0 radical (unpaired) electrons. The second-order valence-electron chi connectivity index (χ2n) is 6.24. The number of esters is 2. The first-order chi connectivity index (χ1) is 13.7. The van der Waals surface area contributed by atoms with Crippen molar-refractivity contribution in [2.45, 2.75) is 72.6 Å². The van der Waals surface area contributed by atoms with Gasteiger partial charge >= 0.3 is 17.9 Å². The average Bonchev–Trinajstić information content (AvgIpc) is 2.73. The molecule has 0 fully saturated rings. The third kappa shape index (κ3) is 25.6. The molecule has 0 rings (SSSR count). The Kier molecular flexibility index (Phi) is 25.6. The Balaban J connectivity index is -0.000000370. The first kappa shape index (κ1) is 31.3. The number of aliphatic carboxylic acids is 1. The van der Waals surface area contributed by atoms with Crippen LogP contribution in [-0.2, 0) is 23.9 Å². The molecule has 29 heavy (non-hydrogen) atoms. The zero-order chi connectivity index (χ0) is 23.1. The van der Waals surface area contributed by atoms with Crippen molar-refractivity contribution in [2.24, 2.45) is 5.92 Å². The lowest BCUT2D eigenvalue weighted by Gasteiger charge is -2.13. The van der Waals surface area contributed by atoms with Crippen molar-refractivity contribution in [3.05, 3.63) is 37.5 Å². The summed E-state index contributed by atoms with van der Waals surface area (Å²) in [6, 6.07) is 0. The molecule has 0 aromatic heterocycles. The smallest absolute Gasteiger partial charge is 0.330 e. The summed E-state index contributed by atoms with van der Waals surface area (Å²) in [5.41, 5.74) is 0.264. The summed E-state index contributed by atoms with van der Waals surface area (Å²) in [5, 5.41) is 8.08. The number of carboxylic acid groups (broad SMARTS) is 1. The molecule has 6 heteroatoms. The summed E-state index contributed by atoms with van der Waals surface area (Å²) in [4.78, 5) is 30.9. The molecule has 0 aromatic rings. The molecule has 0 saturated carbocycles. The highest BCUT2D eigenvalue weighted by atomic mass is 16.5. The molecular weight excluding hydrogens is 372 g/mol. The van der Waals surface area contributed by atoms with Crippen LogP contribution in [0.2, 0.25) is 0 Å². The number of hydrogen-bond donors (Lipinski definition) is 1. The third-order valence-electron chi connectivity index (χ3n) is 3.81. The van der Waals surface area contributed by atoms with Crippen LogP contribution in [0.25, 0.3) is 0 Å². The molecule has 0 saturated heterocycles. The highest BCUT2D eigenvalue weighted by molar-refractivity contribution is 5.85. The highest BCUT2D eigenvalue weighted by Crippen LogP contribution is 2.12. The zero-order valence-corrected chi connectivity index (χ0v) is 18.7. The second-order valence-corrected chi connectivity index (χ2v) is 6.24. The Bertz CT molecular complexity index is 482. The van der Waals surface area contributed by atoms with Crippen LogP contribution in [0.5, 0.6) is 0 Å². The topological polar surface area (TPSA) is 89.9 Å². The van der Waals surface area contributed by atoms with Crippen molar-refractivity contribution in [1.82, 2.24) is 0 Å². The highest BCUT2D eigenvalue weighted by Gasteiger charge is 2.07. The molecule has 0 aliphatic rings. The van der Waals surface area contributed by atoms with E-state index in [2.05, 4.69) is 38.3 Å². The maximum Gasteiger partial charge on any atom is 0.330 e. The second kappa shape index (κ2) is 23.7. The maximum atomic E-state index is 10.8. The van der Waals surface area contributed by atoms with E-state index in [0.717, 1.165) is 25.7 Å². The van der Waals surface area contributed by atoms with Gasteiger partial charge in [-0.25, -0.2) is 14.4 Å². The van der Waals surface area contributed by atoms with Crippen molar-refractivity contribution in [1.29, 1.82) is 0 Å². The molecule has 0 aliphatic heterocycles. The van der Waals surface area contributed by atoms with Crippen LogP contribution in [0, 0.1) is 5.92 Å². The fourth-order valence-electron chi connectivity index (χ4n) is 1.68. The molecule has 0 aromatic carbocycles. The van der Waals surface area contributed by atoms with Gasteiger partial charge in [-0.3, -0.25) is 0 Å². The van der Waals surface area contributed by atoms with Crippen molar-refractivity contribution in [2.75, 3.05) is 13.2 Å². The van der Waals surface area contributed by atoms with Gasteiger partial charge in [0.05, 0.1) is 13.2 Å². The van der Waals surface area contributed by atoms with Crippen LogP contribution in [0.1, 0.15) is 72.6 Å². The van der Waals surface area contributed by atoms with E-state index in [1.807, 2.05) is 6.92 Å². The summed E-state index contributed by atoms with van der Waals surface area (Å²) in [7, 11) is 0. The summed E-state index contributed by atoms with van der Waals surface area (Å²) < 4.78 is 9.66. The van der Waals surface area contributed by atoms with Crippen LogP contribution < -0.4 is 0 Å². The van der Waals surface area contributed by atoms with Gasteiger partial charge in [0.25, 0.3) is 0 Å². The van der Waals surface area contributed by atoms with E-state index in [1.165, 1.54) is 25.0 Å². The standard InChI is InChI=1S/C11H20O2.C7H12O2.C5H8O2/c1-4-7-8-10(5-2)9-13-11(12)6-3;1-3-5-6-9-7(8)4-2;1-3-4(2)5(6)7/h6,10H,3-5,7-9H2,1-2H3;4H,2-3,5-6H2,1H3;2-3H2,1H3,(H,6,7). The van der Waals surface area contributed by atoms with Gasteiger partial charge in [-0.2, -0.15) is 0 Å². The molecular formula is C23H40O6. The van der Waals surface area contributed by atoms with Crippen LogP contribution >= 0.6 is 0 Å². The molecule has 0 spiro atoms. The predicted molar refractivity (Wildman–Crippen MR) is 118 cm³/mol. The maximum absolute atomic E-state index is 10.8. The van der Waals surface area contributed by atoms with Gasteiger partial charge in [-0.05, 0) is 25.2 Å². The number of carbonyl (C=O) groups excluding carboxylic acids is 2. The average molecular weight is 413 g/mol. The van der Waals surface area contributed by atoms with Gasteiger partial charge in [0, 0.05) is 17.7 Å². The lowest BCUT2D eigenvalue weighted by atomic mass is 10.0. The predicted octanol–water partition coefficient (Wildman–Crippen LogP) is 5.48. The summed E-state index contributed by atoms with van der Waals surface area (Å²) in [5.74, 6) is -1.02. The minimum absolute atomic E-state index is 0.264. The lowest BCUT2D eigenvalue weighted by molar-refractivity contribution is -0.139. The van der Waals surface area contributed by atoms with Crippen molar-refractivity contribution in [3.8, 4) is 0 Å². The molecule has 0 aliphatic carbocycles. The van der Waals surface area contributed by atoms with Gasteiger partial charge in [-0.1, -0.05) is 73.1 Å². The number of rotatable bonds is 13. The Morgan fingerprint density at radius 3 is 1.79 bits per heavy atom. The van der Waals surface area contributed by atoms with Crippen LogP contribution in [0.15, 0.2) is 37.5 Å². The van der Waals surface area contributed by atoms with Crippen molar-refractivity contribution < 1.29 is 29.0 Å². The van der Waals surface area contributed by atoms with E-state index >= 15 is 0 Å². The molecule has 0 heterocycles. The van der Waals surface area contributed by atoms with Crippen LogP contribution in [-0.4, -0.2) is 36.2 Å².